The van der Waals surface area contributed by atoms with E-state index in [1.54, 1.807) is 18.2 Å². The Morgan fingerprint density at radius 3 is 2.93 bits per heavy atom. The molecule has 2 aromatic heterocycles. The van der Waals surface area contributed by atoms with Gasteiger partial charge in [-0.3, -0.25) is 9.69 Å². The minimum Gasteiger partial charge on any atom is -0.595 e. The van der Waals surface area contributed by atoms with E-state index in [1.165, 1.54) is 0 Å². The van der Waals surface area contributed by atoms with Crippen LogP contribution in [0.2, 0.25) is 0 Å². The zero-order valence-electron chi connectivity index (χ0n) is 15.7. The lowest BCUT2D eigenvalue weighted by Gasteiger charge is -2.42. The molecule has 0 amide bonds. The van der Waals surface area contributed by atoms with Crippen molar-refractivity contribution in [2.75, 3.05) is 13.1 Å². The molecule has 0 radical (unpaired) electrons. The highest BCUT2D eigenvalue weighted by Crippen LogP contribution is 2.35. The molecule has 3 atom stereocenters. The summed E-state index contributed by atoms with van der Waals surface area (Å²) in [5.74, 6) is 1.78. The average molecular weight is 381 g/mol. The third-order valence-electron chi connectivity index (χ3n) is 6.14. The Labute approximate surface area is 161 Å². The van der Waals surface area contributed by atoms with E-state index in [9.17, 15) is 15.2 Å². The number of rotatable bonds is 3. The van der Waals surface area contributed by atoms with Gasteiger partial charge in [-0.1, -0.05) is 6.07 Å². The van der Waals surface area contributed by atoms with Gasteiger partial charge in [-0.25, -0.2) is 10.2 Å². The number of hydrogen-bond donors (Lipinski definition) is 2. The number of hydrogen-bond acceptors (Lipinski definition) is 5. The van der Waals surface area contributed by atoms with Crippen molar-refractivity contribution < 1.29 is 10.4 Å². The highest BCUT2D eigenvalue weighted by molar-refractivity contribution is 5.78. The molecule has 2 bridgehead atoms. The second-order valence-electron chi connectivity index (χ2n) is 7.99. The number of pyridine rings is 1. The summed E-state index contributed by atoms with van der Waals surface area (Å²) in [4.78, 5) is 19.3. The first-order valence-corrected chi connectivity index (χ1v) is 9.60. The van der Waals surface area contributed by atoms with Gasteiger partial charge in [-0.05, 0) is 24.5 Å². The van der Waals surface area contributed by atoms with Gasteiger partial charge in [0, 0.05) is 56.5 Å². The topological polar surface area (TPSA) is 90.8 Å². The first-order valence-electron chi connectivity index (χ1n) is 9.60. The Morgan fingerprint density at radius 1 is 1.25 bits per heavy atom. The molecule has 3 aromatic rings. The fourth-order valence-corrected chi connectivity index (χ4v) is 4.85. The lowest BCUT2D eigenvalue weighted by atomic mass is 9.83. The largest absolute Gasteiger partial charge is 0.595 e. The van der Waals surface area contributed by atoms with E-state index < -0.39 is 5.23 Å². The molecule has 4 heterocycles. The minimum atomic E-state index is -0.938. The molecule has 0 saturated carbocycles. The fourth-order valence-electron chi connectivity index (χ4n) is 4.85. The average Bonchev–Trinajstić information content (AvgIpc) is 2.97. The molecule has 8 heteroatoms. The summed E-state index contributed by atoms with van der Waals surface area (Å²) in [5.41, 5.74) is 3.15. The second-order valence-corrected chi connectivity index (χ2v) is 7.99. The number of piperidine rings is 1. The van der Waals surface area contributed by atoms with E-state index in [-0.39, 0.29) is 11.2 Å². The van der Waals surface area contributed by atoms with E-state index >= 15 is 0 Å². The van der Waals surface area contributed by atoms with E-state index in [0.717, 1.165) is 49.6 Å². The van der Waals surface area contributed by atoms with Crippen molar-refractivity contribution >= 4 is 16.7 Å². The van der Waals surface area contributed by atoms with Crippen LogP contribution in [-0.4, -0.2) is 37.3 Å². The lowest BCUT2D eigenvalue weighted by Crippen LogP contribution is -2.99. The van der Waals surface area contributed by atoms with E-state index in [0.29, 0.717) is 17.4 Å². The van der Waals surface area contributed by atoms with Crippen molar-refractivity contribution in [2.45, 2.75) is 25.4 Å². The number of quaternary nitrogens is 1. The summed E-state index contributed by atoms with van der Waals surface area (Å²) in [6, 6.07) is 10.7. The quantitative estimate of drug-likeness (QED) is 0.654. The van der Waals surface area contributed by atoms with Crippen LogP contribution in [0.3, 0.4) is 0 Å². The molecule has 2 aliphatic rings. The molecular formula is C20H23N5O3. The molecule has 0 aliphatic carbocycles. The van der Waals surface area contributed by atoms with Crippen LogP contribution in [0.4, 0.5) is 5.69 Å². The molecule has 0 spiro atoms. The SMILES string of the molecule is Cn1c(CN2C[C@@H]3C[C@@H](C2)c2cccc(=O)n2C3)nc2cc([NH+]([O-])O)ccc21. The van der Waals surface area contributed by atoms with Crippen LogP contribution in [-0.2, 0) is 20.1 Å². The van der Waals surface area contributed by atoms with Crippen molar-refractivity contribution in [3.8, 4) is 0 Å². The third-order valence-corrected chi connectivity index (χ3v) is 6.14. The smallest absolute Gasteiger partial charge is 0.250 e. The van der Waals surface area contributed by atoms with Gasteiger partial charge in [0.15, 0.2) is 5.69 Å². The van der Waals surface area contributed by atoms with Gasteiger partial charge in [0.05, 0.1) is 17.6 Å². The summed E-state index contributed by atoms with van der Waals surface area (Å²) in [5, 5.41) is 19.5. The number of benzene rings is 1. The molecule has 146 valence electrons. The van der Waals surface area contributed by atoms with Crippen LogP contribution in [0.5, 0.6) is 0 Å². The molecule has 8 nitrogen and oxygen atoms in total. The van der Waals surface area contributed by atoms with Crippen molar-refractivity contribution in [1.82, 2.24) is 19.0 Å². The number of fused-ring (bicyclic) bond motifs is 5. The van der Waals surface area contributed by atoms with E-state index in [1.807, 2.05) is 28.3 Å². The first kappa shape index (κ1) is 17.6. The van der Waals surface area contributed by atoms with Crippen LogP contribution >= 0.6 is 0 Å². The summed E-state index contributed by atoms with van der Waals surface area (Å²) < 4.78 is 3.99. The predicted molar refractivity (Wildman–Crippen MR) is 103 cm³/mol. The van der Waals surface area contributed by atoms with Crippen LogP contribution in [0.25, 0.3) is 11.0 Å². The van der Waals surface area contributed by atoms with Gasteiger partial charge >= 0.3 is 0 Å². The molecule has 1 saturated heterocycles. The Morgan fingerprint density at radius 2 is 2.11 bits per heavy atom. The molecule has 1 aromatic carbocycles. The molecular weight excluding hydrogens is 358 g/mol. The highest BCUT2D eigenvalue weighted by Gasteiger charge is 2.34. The standard InChI is InChI=1S/C20H23N5O3/c1-22-18-6-5-15(25(27)28)8-16(18)21-19(22)12-23-9-13-7-14(11-23)17-3-2-4-20(26)24(17)10-13/h2-6,8,13-14,25,27H,7,9-12H2,1H3/t13-,14-/m0/s1. The van der Waals surface area contributed by atoms with E-state index in [4.69, 9.17) is 4.98 Å². The number of aromatic nitrogens is 3. The summed E-state index contributed by atoms with van der Waals surface area (Å²) >= 11 is 0. The predicted octanol–water partition coefficient (Wildman–Crippen LogP) is 0.758. The number of aryl methyl sites for hydroxylation is 1. The maximum Gasteiger partial charge on any atom is 0.250 e. The normalized spacial score (nSPS) is 23.0. The molecule has 28 heavy (non-hydrogen) atoms. The van der Waals surface area contributed by atoms with Crippen molar-refractivity contribution in [2.24, 2.45) is 13.0 Å². The van der Waals surface area contributed by atoms with Crippen LogP contribution < -0.4 is 10.8 Å². The minimum absolute atomic E-state index is 0.102. The molecule has 1 unspecified atom stereocenters. The monoisotopic (exact) mass is 381 g/mol. The Kier molecular flexibility index (Phi) is 4.09. The lowest BCUT2D eigenvalue weighted by molar-refractivity contribution is -0.991. The van der Waals surface area contributed by atoms with Crippen LogP contribution in [0.15, 0.2) is 41.2 Å². The number of nitrogens with one attached hydrogen (secondary N) is 1. The zero-order valence-corrected chi connectivity index (χ0v) is 15.7. The number of likely N-dealkylation sites (tertiary alicyclic amines) is 1. The third kappa shape index (κ3) is 2.85. The van der Waals surface area contributed by atoms with Crippen LogP contribution in [0, 0.1) is 11.1 Å². The Bertz CT molecular complexity index is 1100. The van der Waals surface area contributed by atoms with Crippen molar-refractivity contribution in [1.29, 1.82) is 0 Å². The van der Waals surface area contributed by atoms with Crippen molar-refractivity contribution in [3.63, 3.8) is 0 Å². The number of imidazole rings is 1. The number of nitrogens with zero attached hydrogens (tertiary/aromatic N) is 4. The first-order chi connectivity index (χ1) is 13.5. The van der Waals surface area contributed by atoms with Gasteiger partial charge in [0.2, 0.25) is 0 Å². The summed E-state index contributed by atoms with van der Waals surface area (Å²) in [7, 11) is 1.98. The molecule has 2 N–H and O–H groups in total. The maximum atomic E-state index is 12.2. The van der Waals surface area contributed by atoms with Gasteiger partial charge < -0.3 is 14.3 Å². The molecule has 1 fully saturated rings. The summed E-state index contributed by atoms with van der Waals surface area (Å²) in [6.45, 7) is 3.36. The highest BCUT2D eigenvalue weighted by atomic mass is 16.8. The molecule has 5 rings (SSSR count). The van der Waals surface area contributed by atoms with Gasteiger partial charge in [-0.2, -0.15) is 5.23 Å². The molecule has 2 aliphatic heterocycles. The van der Waals surface area contributed by atoms with Crippen molar-refractivity contribution in [3.05, 3.63) is 63.5 Å². The Balaban J connectivity index is 1.42. The summed E-state index contributed by atoms with van der Waals surface area (Å²) in [6.07, 6.45) is 1.13. The Hall–Kier alpha value is -2.52. The maximum absolute atomic E-state index is 12.2. The van der Waals surface area contributed by atoms with Crippen LogP contribution in [0.1, 0.15) is 23.9 Å². The van der Waals surface area contributed by atoms with E-state index in [2.05, 4.69) is 11.0 Å². The van der Waals surface area contributed by atoms with Gasteiger partial charge in [-0.15, -0.1) is 0 Å². The zero-order chi connectivity index (χ0) is 19.4. The fraction of sp³-hybridized carbons (Fsp3) is 0.400. The second kappa shape index (κ2) is 6.52. The van der Waals surface area contributed by atoms with Gasteiger partial charge in [0.25, 0.3) is 5.56 Å². The van der Waals surface area contributed by atoms with Gasteiger partial charge in [0.1, 0.15) is 5.82 Å².